The van der Waals surface area contributed by atoms with Crippen LogP contribution in [-0.2, 0) is 13.6 Å². The van der Waals surface area contributed by atoms with E-state index in [-0.39, 0.29) is 5.54 Å². The van der Waals surface area contributed by atoms with Gasteiger partial charge in [0, 0.05) is 38.9 Å². The summed E-state index contributed by atoms with van der Waals surface area (Å²) in [6.07, 6.45) is 4.47. The normalized spacial score (nSPS) is 20.6. The fraction of sp³-hybridized carbons (Fsp3) is 0.765. The van der Waals surface area contributed by atoms with E-state index in [1.807, 2.05) is 31.0 Å². The lowest BCUT2D eigenvalue weighted by Crippen LogP contribution is -2.55. The van der Waals surface area contributed by atoms with Gasteiger partial charge in [-0.2, -0.15) is 5.10 Å². The number of nitrogens with one attached hydrogen (secondary N) is 2. The Kier molecular flexibility index (Phi) is 6.04. The molecule has 23 heavy (non-hydrogen) atoms. The van der Waals surface area contributed by atoms with Crippen molar-refractivity contribution in [3.8, 4) is 0 Å². The molecule has 2 N–H and O–H groups in total. The number of aryl methyl sites for hydroxylation is 1. The van der Waals surface area contributed by atoms with Gasteiger partial charge in [-0.25, -0.2) is 0 Å². The van der Waals surface area contributed by atoms with Crippen LogP contribution in [-0.4, -0.2) is 52.9 Å². The number of piperidine rings is 1. The molecule has 0 aliphatic carbocycles. The lowest BCUT2D eigenvalue weighted by atomic mass is 9.93. The zero-order chi connectivity index (χ0) is 16.9. The summed E-state index contributed by atoms with van der Waals surface area (Å²) in [5, 5.41) is 11.0. The summed E-state index contributed by atoms with van der Waals surface area (Å²) in [7, 11) is 3.77. The molecule has 0 amide bonds. The van der Waals surface area contributed by atoms with Crippen molar-refractivity contribution in [3.05, 3.63) is 18.0 Å². The van der Waals surface area contributed by atoms with Gasteiger partial charge in [0.05, 0.1) is 12.2 Å². The molecule has 6 heteroatoms. The van der Waals surface area contributed by atoms with Gasteiger partial charge >= 0.3 is 0 Å². The number of hydrogen-bond donors (Lipinski definition) is 2. The molecule has 1 atom stereocenters. The number of aromatic nitrogens is 2. The maximum Gasteiger partial charge on any atom is 0.191 e. The number of aliphatic imine (C=N–C) groups is 1. The number of nitrogens with zero attached hydrogens (tertiary/aromatic N) is 4. The van der Waals surface area contributed by atoms with Crippen molar-refractivity contribution in [2.45, 2.75) is 45.7 Å². The third-order valence-electron chi connectivity index (χ3n) is 4.78. The first-order valence-corrected chi connectivity index (χ1v) is 8.59. The highest BCUT2D eigenvalue weighted by molar-refractivity contribution is 5.79. The smallest absolute Gasteiger partial charge is 0.191 e. The molecule has 0 bridgehead atoms. The highest BCUT2D eigenvalue weighted by atomic mass is 15.3. The third kappa shape index (κ3) is 4.96. The Balaban J connectivity index is 1.83. The minimum atomic E-state index is 0.124. The Hall–Kier alpha value is -1.56. The van der Waals surface area contributed by atoms with Crippen LogP contribution >= 0.6 is 0 Å². The molecule has 1 aromatic heterocycles. The summed E-state index contributed by atoms with van der Waals surface area (Å²) >= 11 is 0. The second kappa shape index (κ2) is 7.81. The molecule has 1 fully saturated rings. The molecule has 130 valence electrons. The molecule has 1 saturated heterocycles. The molecule has 2 heterocycles. The van der Waals surface area contributed by atoms with Crippen LogP contribution in [0.4, 0.5) is 0 Å². The predicted octanol–water partition coefficient (Wildman–Crippen LogP) is 1.60. The Labute approximate surface area is 140 Å². The van der Waals surface area contributed by atoms with Crippen LogP contribution in [0.3, 0.4) is 0 Å². The molecule has 0 saturated carbocycles. The van der Waals surface area contributed by atoms with Crippen molar-refractivity contribution in [1.29, 1.82) is 0 Å². The first-order chi connectivity index (χ1) is 10.9. The largest absolute Gasteiger partial charge is 0.355 e. The predicted molar refractivity (Wildman–Crippen MR) is 95.5 cm³/mol. The zero-order valence-electron chi connectivity index (χ0n) is 15.3. The molecular weight excluding hydrogens is 288 g/mol. The van der Waals surface area contributed by atoms with Crippen molar-refractivity contribution in [2.75, 3.05) is 26.7 Å². The standard InChI is InChI=1S/C17H32N6/c1-14-7-6-10-23(12-14)17(2,3)13-20-16(18-4)19-11-15-8-9-21-22(15)5/h8-9,14H,6-7,10-13H2,1-5H3,(H2,18,19,20). The Morgan fingerprint density at radius 3 is 2.83 bits per heavy atom. The maximum absolute atomic E-state index is 4.33. The van der Waals surface area contributed by atoms with E-state index in [1.165, 1.54) is 25.9 Å². The SMILES string of the molecule is CN=C(NCc1ccnn1C)NCC(C)(C)N1CCCC(C)C1. The summed E-state index contributed by atoms with van der Waals surface area (Å²) in [6.45, 7) is 11.0. The first kappa shape index (κ1) is 17.8. The van der Waals surface area contributed by atoms with Crippen molar-refractivity contribution < 1.29 is 0 Å². The fourth-order valence-corrected chi connectivity index (χ4v) is 3.12. The second-order valence-corrected chi connectivity index (χ2v) is 7.23. The fourth-order valence-electron chi connectivity index (χ4n) is 3.12. The minimum Gasteiger partial charge on any atom is -0.355 e. The monoisotopic (exact) mass is 320 g/mol. The van der Waals surface area contributed by atoms with Crippen LogP contribution in [0, 0.1) is 5.92 Å². The van der Waals surface area contributed by atoms with Gasteiger partial charge in [-0.15, -0.1) is 0 Å². The summed E-state index contributed by atoms with van der Waals surface area (Å²) in [5.74, 6) is 1.63. The summed E-state index contributed by atoms with van der Waals surface area (Å²) in [5.41, 5.74) is 1.26. The van der Waals surface area contributed by atoms with Crippen molar-refractivity contribution in [1.82, 2.24) is 25.3 Å². The van der Waals surface area contributed by atoms with Gasteiger partial charge < -0.3 is 10.6 Å². The van der Waals surface area contributed by atoms with Gasteiger partial charge in [-0.3, -0.25) is 14.6 Å². The summed E-state index contributed by atoms with van der Waals surface area (Å²) in [4.78, 5) is 6.93. The summed E-state index contributed by atoms with van der Waals surface area (Å²) < 4.78 is 1.87. The second-order valence-electron chi connectivity index (χ2n) is 7.23. The maximum atomic E-state index is 4.33. The van der Waals surface area contributed by atoms with Crippen LogP contribution in [0.25, 0.3) is 0 Å². The van der Waals surface area contributed by atoms with Gasteiger partial charge in [-0.05, 0) is 45.2 Å². The highest BCUT2D eigenvalue weighted by Crippen LogP contribution is 2.23. The molecule has 1 aliphatic rings. The molecule has 6 nitrogen and oxygen atoms in total. The van der Waals surface area contributed by atoms with Gasteiger partial charge in [0.2, 0.25) is 0 Å². The van der Waals surface area contributed by atoms with E-state index in [0.29, 0.717) is 0 Å². The molecule has 0 aromatic carbocycles. The van der Waals surface area contributed by atoms with Crippen molar-refractivity contribution in [2.24, 2.45) is 18.0 Å². The van der Waals surface area contributed by atoms with E-state index in [1.54, 1.807) is 0 Å². The van der Waals surface area contributed by atoms with Crippen molar-refractivity contribution in [3.63, 3.8) is 0 Å². The van der Waals surface area contributed by atoms with Gasteiger partial charge in [0.1, 0.15) is 0 Å². The Bertz CT molecular complexity index is 519. The number of hydrogen-bond acceptors (Lipinski definition) is 3. The van der Waals surface area contributed by atoms with Crippen LogP contribution < -0.4 is 10.6 Å². The van der Waals surface area contributed by atoms with E-state index in [0.717, 1.165) is 30.7 Å². The average molecular weight is 320 g/mol. The minimum absolute atomic E-state index is 0.124. The van der Waals surface area contributed by atoms with Gasteiger partial charge in [0.15, 0.2) is 5.96 Å². The zero-order valence-corrected chi connectivity index (χ0v) is 15.3. The van der Waals surface area contributed by atoms with Crippen LogP contribution in [0.2, 0.25) is 0 Å². The molecule has 1 aromatic rings. The first-order valence-electron chi connectivity index (χ1n) is 8.59. The average Bonchev–Trinajstić information content (AvgIpc) is 2.93. The van der Waals surface area contributed by atoms with Crippen molar-refractivity contribution >= 4 is 5.96 Å². The Morgan fingerprint density at radius 1 is 1.43 bits per heavy atom. The topological polar surface area (TPSA) is 57.5 Å². The van der Waals surface area contributed by atoms with Crippen LogP contribution in [0.5, 0.6) is 0 Å². The lowest BCUT2D eigenvalue weighted by molar-refractivity contribution is 0.0739. The number of guanidine groups is 1. The number of likely N-dealkylation sites (tertiary alicyclic amines) is 1. The molecular formula is C17H32N6. The Morgan fingerprint density at radius 2 is 2.22 bits per heavy atom. The molecule has 0 radical (unpaired) electrons. The van der Waals surface area contributed by atoms with E-state index < -0.39 is 0 Å². The molecule has 0 spiro atoms. The van der Waals surface area contributed by atoms with Crippen LogP contribution in [0.1, 0.15) is 39.3 Å². The van der Waals surface area contributed by atoms with E-state index in [4.69, 9.17) is 0 Å². The number of rotatable bonds is 5. The molecule has 2 rings (SSSR count). The van der Waals surface area contributed by atoms with E-state index in [2.05, 4.69) is 46.4 Å². The lowest BCUT2D eigenvalue weighted by Gasteiger charge is -2.43. The molecule has 1 unspecified atom stereocenters. The van der Waals surface area contributed by atoms with Gasteiger partial charge in [0.25, 0.3) is 0 Å². The highest BCUT2D eigenvalue weighted by Gasteiger charge is 2.30. The van der Waals surface area contributed by atoms with Gasteiger partial charge in [-0.1, -0.05) is 6.92 Å². The van der Waals surface area contributed by atoms with Crippen LogP contribution in [0.15, 0.2) is 17.3 Å². The van der Waals surface area contributed by atoms with E-state index >= 15 is 0 Å². The summed E-state index contributed by atoms with van der Waals surface area (Å²) in [6, 6.07) is 2.01. The molecule has 1 aliphatic heterocycles. The third-order valence-corrected chi connectivity index (χ3v) is 4.78. The quantitative estimate of drug-likeness (QED) is 0.639. The van der Waals surface area contributed by atoms with E-state index in [9.17, 15) is 0 Å².